The molecule has 1 N–H and O–H groups in total. The van der Waals surface area contributed by atoms with E-state index in [0.29, 0.717) is 5.56 Å². The van der Waals surface area contributed by atoms with Crippen LogP contribution in [0.15, 0.2) is 48.5 Å². The van der Waals surface area contributed by atoms with E-state index >= 15 is 0 Å². The molecule has 0 heterocycles. The molecule has 0 fully saturated rings. The number of halogens is 4. The molecule has 26 heavy (non-hydrogen) atoms. The zero-order valence-corrected chi connectivity index (χ0v) is 15.2. The minimum atomic E-state index is -4.84. The monoisotopic (exact) mass is 381 g/mol. The minimum absolute atomic E-state index is 0.0317. The lowest BCUT2D eigenvalue weighted by molar-refractivity contribution is -0.266. The lowest BCUT2D eigenvalue weighted by Gasteiger charge is -2.38. The highest BCUT2D eigenvalue weighted by molar-refractivity contribution is 6.31. The molecule has 138 valence electrons. The van der Waals surface area contributed by atoms with Gasteiger partial charge in [-0.1, -0.05) is 61.8 Å². The highest BCUT2D eigenvalue weighted by Crippen LogP contribution is 2.43. The summed E-state index contributed by atoms with van der Waals surface area (Å²) in [6.07, 6.45) is -6.04. The van der Waals surface area contributed by atoms with Crippen LogP contribution in [0.25, 0.3) is 0 Å². The summed E-state index contributed by atoms with van der Waals surface area (Å²) in [6.45, 7) is 3.33. The SMILES string of the molecule is CC(C)(CC(O)(Cc1ccc(C#N)cc1Cl)C(F)(F)F)c1ccccc1. The van der Waals surface area contributed by atoms with Gasteiger partial charge in [-0.25, -0.2) is 0 Å². The third kappa shape index (κ3) is 4.38. The Kier molecular flexibility index (Phi) is 5.70. The van der Waals surface area contributed by atoms with Crippen molar-refractivity contribution in [3.05, 3.63) is 70.2 Å². The molecule has 0 aliphatic carbocycles. The first kappa shape index (κ1) is 20.3. The van der Waals surface area contributed by atoms with Crippen molar-refractivity contribution in [2.45, 2.75) is 43.9 Å². The number of hydrogen-bond acceptors (Lipinski definition) is 2. The summed E-state index contributed by atoms with van der Waals surface area (Å²) in [5, 5.41) is 19.5. The van der Waals surface area contributed by atoms with Crippen molar-refractivity contribution in [1.29, 1.82) is 5.26 Å². The maximum Gasteiger partial charge on any atom is 0.417 e. The summed E-state index contributed by atoms with van der Waals surface area (Å²) in [6, 6.07) is 14.7. The summed E-state index contributed by atoms with van der Waals surface area (Å²) in [5.74, 6) is 0. The minimum Gasteiger partial charge on any atom is -0.380 e. The van der Waals surface area contributed by atoms with Gasteiger partial charge in [-0.15, -0.1) is 0 Å². The molecule has 2 aromatic rings. The third-order valence-corrected chi connectivity index (χ3v) is 4.83. The number of aliphatic hydroxyl groups is 1. The Morgan fingerprint density at radius 3 is 2.19 bits per heavy atom. The molecule has 1 unspecified atom stereocenters. The summed E-state index contributed by atoms with van der Waals surface area (Å²) in [4.78, 5) is 0. The van der Waals surface area contributed by atoms with Gasteiger partial charge in [0.05, 0.1) is 11.6 Å². The average molecular weight is 382 g/mol. The molecule has 0 saturated heterocycles. The Morgan fingerprint density at radius 1 is 1.08 bits per heavy atom. The molecule has 0 amide bonds. The van der Waals surface area contributed by atoms with Gasteiger partial charge in [0, 0.05) is 11.4 Å². The standard InChI is InChI=1S/C20H19ClF3NO/c1-18(2,16-6-4-3-5-7-16)13-19(26,20(22,23)24)11-15-9-8-14(12-25)10-17(15)21/h3-10,26H,11,13H2,1-2H3. The van der Waals surface area contributed by atoms with Gasteiger partial charge in [0.15, 0.2) is 5.60 Å². The molecule has 2 rings (SSSR count). The second-order valence-electron chi connectivity index (χ2n) is 7.05. The van der Waals surface area contributed by atoms with E-state index < -0.39 is 30.0 Å². The van der Waals surface area contributed by atoms with Crippen LogP contribution < -0.4 is 0 Å². The van der Waals surface area contributed by atoms with Crippen molar-refractivity contribution in [2.24, 2.45) is 0 Å². The van der Waals surface area contributed by atoms with Gasteiger partial charge in [-0.2, -0.15) is 18.4 Å². The fourth-order valence-corrected chi connectivity index (χ4v) is 3.31. The first-order chi connectivity index (χ1) is 12.0. The smallest absolute Gasteiger partial charge is 0.380 e. The maximum absolute atomic E-state index is 13.8. The van der Waals surface area contributed by atoms with E-state index in [1.165, 1.54) is 18.2 Å². The summed E-state index contributed by atoms with van der Waals surface area (Å²) < 4.78 is 41.3. The fourth-order valence-electron chi connectivity index (χ4n) is 3.06. The van der Waals surface area contributed by atoms with Gasteiger partial charge in [-0.3, -0.25) is 0 Å². The van der Waals surface area contributed by atoms with Crippen LogP contribution in [0, 0.1) is 11.3 Å². The fraction of sp³-hybridized carbons (Fsp3) is 0.350. The van der Waals surface area contributed by atoms with E-state index in [4.69, 9.17) is 16.9 Å². The van der Waals surface area contributed by atoms with Gasteiger partial charge >= 0.3 is 6.18 Å². The Hall–Kier alpha value is -2.03. The van der Waals surface area contributed by atoms with E-state index in [1.807, 2.05) is 6.07 Å². The van der Waals surface area contributed by atoms with E-state index in [9.17, 15) is 18.3 Å². The molecular weight excluding hydrogens is 363 g/mol. The van der Waals surface area contributed by atoms with Gasteiger partial charge < -0.3 is 5.11 Å². The normalized spacial score (nSPS) is 14.5. The molecule has 0 aliphatic rings. The predicted molar refractivity (Wildman–Crippen MR) is 95.0 cm³/mol. The van der Waals surface area contributed by atoms with E-state index in [1.54, 1.807) is 44.2 Å². The second kappa shape index (κ2) is 7.30. The first-order valence-electron chi connectivity index (χ1n) is 8.02. The van der Waals surface area contributed by atoms with Crippen molar-refractivity contribution in [1.82, 2.24) is 0 Å². The average Bonchev–Trinajstić information content (AvgIpc) is 2.56. The summed E-state index contributed by atoms with van der Waals surface area (Å²) >= 11 is 6.02. The van der Waals surface area contributed by atoms with Crippen molar-refractivity contribution < 1.29 is 18.3 Å². The highest BCUT2D eigenvalue weighted by Gasteiger charge is 2.55. The molecule has 0 spiro atoms. The predicted octanol–water partition coefficient (Wildman–Crippen LogP) is 5.42. The molecule has 2 aromatic carbocycles. The Labute approximate surface area is 155 Å². The number of hydrogen-bond donors (Lipinski definition) is 1. The van der Waals surface area contributed by atoms with E-state index in [2.05, 4.69) is 0 Å². The molecule has 2 nitrogen and oxygen atoms in total. The Bertz CT molecular complexity index is 812. The topological polar surface area (TPSA) is 44.0 Å². The van der Waals surface area contributed by atoms with E-state index in [-0.39, 0.29) is 16.1 Å². The van der Waals surface area contributed by atoms with Crippen molar-refractivity contribution in [3.63, 3.8) is 0 Å². The van der Waals surface area contributed by atoms with Crippen LogP contribution in [0.1, 0.15) is 37.0 Å². The second-order valence-corrected chi connectivity index (χ2v) is 7.46. The van der Waals surface area contributed by atoms with Crippen LogP contribution in [0.3, 0.4) is 0 Å². The van der Waals surface area contributed by atoms with E-state index in [0.717, 1.165) is 0 Å². The maximum atomic E-state index is 13.8. The molecule has 0 aromatic heterocycles. The summed E-state index contributed by atoms with van der Waals surface area (Å²) in [7, 11) is 0. The molecule has 6 heteroatoms. The van der Waals surface area contributed by atoms with Crippen LogP contribution in [-0.2, 0) is 11.8 Å². The highest BCUT2D eigenvalue weighted by atomic mass is 35.5. The largest absolute Gasteiger partial charge is 0.417 e. The van der Waals surface area contributed by atoms with Gasteiger partial charge in [0.1, 0.15) is 0 Å². The Morgan fingerprint density at radius 2 is 1.69 bits per heavy atom. The van der Waals surface area contributed by atoms with Crippen LogP contribution in [0.2, 0.25) is 5.02 Å². The number of nitrogens with zero attached hydrogens (tertiary/aromatic N) is 1. The van der Waals surface area contributed by atoms with Crippen molar-refractivity contribution in [3.8, 4) is 6.07 Å². The van der Waals surface area contributed by atoms with Crippen LogP contribution >= 0.6 is 11.6 Å². The quantitative estimate of drug-likeness (QED) is 0.752. The van der Waals surface area contributed by atoms with Crippen molar-refractivity contribution in [2.75, 3.05) is 0 Å². The summed E-state index contributed by atoms with van der Waals surface area (Å²) in [5.41, 5.74) is -2.77. The molecule has 0 saturated carbocycles. The molecule has 1 atom stereocenters. The number of alkyl halides is 3. The Balaban J connectivity index is 2.39. The molecule has 0 radical (unpaired) electrons. The van der Waals surface area contributed by atoms with Crippen LogP contribution in [0.5, 0.6) is 0 Å². The number of nitriles is 1. The first-order valence-corrected chi connectivity index (χ1v) is 8.39. The van der Waals surface area contributed by atoms with Crippen LogP contribution in [-0.4, -0.2) is 16.9 Å². The molecule has 0 aliphatic heterocycles. The molecular formula is C20H19ClF3NO. The number of rotatable bonds is 5. The van der Waals surface area contributed by atoms with Crippen molar-refractivity contribution >= 4 is 11.6 Å². The molecule has 0 bridgehead atoms. The van der Waals surface area contributed by atoms with Crippen LogP contribution in [0.4, 0.5) is 13.2 Å². The van der Waals surface area contributed by atoms with Gasteiger partial charge in [0.2, 0.25) is 0 Å². The lowest BCUT2D eigenvalue weighted by atomic mass is 9.73. The number of benzene rings is 2. The van der Waals surface area contributed by atoms with Gasteiger partial charge in [-0.05, 0) is 35.1 Å². The third-order valence-electron chi connectivity index (χ3n) is 4.48. The lowest BCUT2D eigenvalue weighted by Crippen LogP contribution is -2.50. The van der Waals surface area contributed by atoms with Gasteiger partial charge in [0.25, 0.3) is 0 Å². The zero-order chi connectivity index (χ0) is 19.6. The zero-order valence-electron chi connectivity index (χ0n) is 14.4.